The van der Waals surface area contributed by atoms with Gasteiger partial charge < -0.3 is 4.74 Å². The highest BCUT2D eigenvalue weighted by Gasteiger charge is 2.16. The summed E-state index contributed by atoms with van der Waals surface area (Å²) in [5.74, 6) is 1.03. The van der Waals surface area contributed by atoms with Crippen LogP contribution in [0.25, 0.3) is 17.1 Å². The molecule has 0 aliphatic rings. The minimum Gasteiger partial charge on any atom is -0.491 e. The Balaban J connectivity index is 1.66. The van der Waals surface area contributed by atoms with Crippen LogP contribution in [-0.2, 0) is 7.05 Å². The van der Waals surface area contributed by atoms with E-state index in [-0.39, 0.29) is 11.3 Å². The highest BCUT2D eigenvalue weighted by atomic mass is 16.5. The molecule has 152 valence electrons. The number of hydrogen-bond donors (Lipinski definition) is 0. The lowest BCUT2D eigenvalue weighted by molar-refractivity contribution is 0.337. The minimum absolute atomic E-state index is 0.106. The Hall–Kier alpha value is -3.81. The molecule has 0 saturated heterocycles. The first-order valence-electron chi connectivity index (χ1n) is 9.69. The van der Waals surface area contributed by atoms with Crippen molar-refractivity contribution in [3.63, 3.8) is 0 Å². The third kappa shape index (κ3) is 3.98. The van der Waals surface area contributed by atoms with Crippen molar-refractivity contribution in [2.75, 3.05) is 6.61 Å². The number of aryl methyl sites for hydroxylation is 1. The average Bonchev–Trinajstić information content (AvgIpc) is 3.21. The zero-order chi connectivity index (χ0) is 21.1. The summed E-state index contributed by atoms with van der Waals surface area (Å²) >= 11 is 0. The van der Waals surface area contributed by atoms with Gasteiger partial charge in [0.1, 0.15) is 11.4 Å². The lowest BCUT2D eigenvalue weighted by Crippen LogP contribution is -2.18. The standard InChI is InChI=1S/C22H22N6O2/c1-4-30-19-12-23-22(24-13-19)17-7-5-6-16(10-17)15(2)21-20(29)8-9-28(26-21)18-11-25-27(3)14-18/h5-15H,4H2,1-3H3. The SMILES string of the molecule is CCOc1cnc(-c2cccc(C(C)c3nn(-c4cnn(C)c4)ccc3=O)c2)nc1. The predicted molar refractivity (Wildman–Crippen MR) is 113 cm³/mol. The Labute approximate surface area is 173 Å². The van der Waals surface area contributed by atoms with E-state index >= 15 is 0 Å². The van der Waals surface area contributed by atoms with E-state index < -0.39 is 0 Å². The van der Waals surface area contributed by atoms with Crippen molar-refractivity contribution < 1.29 is 4.74 Å². The van der Waals surface area contributed by atoms with E-state index in [0.29, 0.717) is 23.9 Å². The molecule has 1 atom stereocenters. The Bertz CT molecular complexity index is 1210. The van der Waals surface area contributed by atoms with E-state index in [0.717, 1.165) is 16.8 Å². The van der Waals surface area contributed by atoms with Crippen molar-refractivity contribution in [1.82, 2.24) is 29.5 Å². The van der Waals surface area contributed by atoms with Gasteiger partial charge in [0, 0.05) is 30.8 Å². The van der Waals surface area contributed by atoms with Gasteiger partial charge in [0.15, 0.2) is 11.6 Å². The zero-order valence-corrected chi connectivity index (χ0v) is 17.1. The first-order valence-corrected chi connectivity index (χ1v) is 9.69. The normalized spacial score (nSPS) is 12.0. The summed E-state index contributed by atoms with van der Waals surface area (Å²) in [7, 11) is 1.84. The zero-order valence-electron chi connectivity index (χ0n) is 17.1. The summed E-state index contributed by atoms with van der Waals surface area (Å²) in [6.07, 6.45) is 8.52. The lowest BCUT2D eigenvalue weighted by atomic mass is 9.95. The van der Waals surface area contributed by atoms with Crippen LogP contribution in [0, 0.1) is 0 Å². The molecule has 0 fully saturated rings. The first kappa shape index (κ1) is 19.5. The van der Waals surface area contributed by atoms with Crippen LogP contribution in [-0.4, -0.2) is 36.1 Å². The largest absolute Gasteiger partial charge is 0.491 e. The molecule has 4 aromatic rings. The molecule has 8 nitrogen and oxygen atoms in total. The van der Waals surface area contributed by atoms with Gasteiger partial charge in [0.25, 0.3) is 0 Å². The molecule has 0 saturated carbocycles. The average molecular weight is 402 g/mol. The maximum Gasteiger partial charge on any atom is 0.203 e. The third-order valence-electron chi connectivity index (χ3n) is 4.78. The van der Waals surface area contributed by atoms with Crippen molar-refractivity contribution in [2.45, 2.75) is 19.8 Å². The van der Waals surface area contributed by atoms with Crippen LogP contribution in [0.4, 0.5) is 0 Å². The molecular formula is C22H22N6O2. The summed E-state index contributed by atoms with van der Waals surface area (Å²) in [5.41, 5.74) is 2.98. The number of ether oxygens (including phenoxy) is 1. The fourth-order valence-electron chi connectivity index (χ4n) is 3.20. The summed E-state index contributed by atoms with van der Waals surface area (Å²) in [6.45, 7) is 4.45. The molecule has 0 bridgehead atoms. The molecule has 30 heavy (non-hydrogen) atoms. The molecule has 3 aromatic heterocycles. The van der Waals surface area contributed by atoms with Crippen LogP contribution in [0.1, 0.15) is 31.0 Å². The van der Waals surface area contributed by atoms with Gasteiger partial charge in [-0.1, -0.05) is 25.1 Å². The number of hydrogen-bond acceptors (Lipinski definition) is 6. The van der Waals surface area contributed by atoms with Gasteiger partial charge in [-0.2, -0.15) is 10.2 Å². The summed E-state index contributed by atoms with van der Waals surface area (Å²) < 4.78 is 8.76. The van der Waals surface area contributed by atoms with Crippen LogP contribution < -0.4 is 10.2 Å². The van der Waals surface area contributed by atoms with Gasteiger partial charge in [-0.15, -0.1) is 0 Å². The van der Waals surface area contributed by atoms with Crippen molar-refractivity contribution in [1.29, 1.82) is 0 Å². The van der Waals surface area contributed by atoms with Gasteiger partial charge in [-0.25, -0.2) is 14.6 Å². The lowest BCUT2D eigenvalue weighted by Gasteiger charge is -2.13. The number of aromatic nitrogens is 6. The Morgan fingerprint density at radius 1 is 1.13 bits per heavy atom. The van der Waals surface area contributed by atoms with Crippen LogP contribution in [0.3, 0.4) is 0 Å². The number of benzene rings is 1. The fraction of sp³-hybridized carbons (Fsp3) is 0.227. The highest BCUT2D eigenvalue weighted by Crippen LogP contribution is 2.25. The second-order valence-corrected chi connectivity index (χ2v) is 6.90. The summed E-state index contributed by atoms with van der Waals surface area (Å²) in [4.78, 5) is 21.3. The molecule has 1 aromatic carbocycles. The molecule has 1 unspecified atom stereocenters. The Morgan fingerprint density at radius 2 is 1.93 bits per heavy atom. The van der Waals surface area contributed by atoms with E-state index in [4.69, 9.17) is 4.74 Å². The van der Waals surface area contributed by atoms with Gasteiger partial charge in [0.2, 0.25) is 5.43 Å². The first-order chi connectivity index (χ1) is 14.5. The monoisotopic (exact) mass is 402 g/mol. The van der Waals surface area contributed by atoms with Crippen LogP contribution in [0.5, 0.6) is 5.75 Å². The van der Waals surface area contributed by atoms with Gasteiger partial charge >= 0.3 is 0 Å². The third-order valence-corrected chi connectivity index (χ3v) is 4.78. The quantitative estimate of drug-likeness (QED) is 0.493. The van der Waals surface area contributed by atoms with E-state index in [1.807, 2.05) is 51.4 Å². The Morgan fingerprint density at radius 3 is 2.63 bits per heavy atom. The van der Waals surface area contributed by atoms with E-state index in [1.165, 1.54) is 6.07 Å². The topological polar surface area (TPSA) is 87.7 Å². The van der Waals surface area contributed by atoms with Crippen LogP contribution >= 0.6 is 0 Å². The van der Waals surface area contributed by atoms with Crippen molar-refractivity contribution in [3.05, 3.63) is 82.8 Å². The van der Waals surface area contributed by atoms with Gasteiger partial charge in [-0.3, -0.25) is 9.48 Å². The Kier molecular flexibility index (Phi) is 5.38. The maximum atomic E-state index is 12.5. The van der Waals surface area contributed by atoms with Crippen molar-refractivity contribution in [2.24, 2.45) is 7.05 Å². The smallest absolute Gasteiger partial charge is 0.203 e. The summed E-state index contributed by atoms with van der Waals surface area (Å²) in [6, 6.07) is 9.38. The molecule has 0 radical (unpaired) electrons. The molecular weight excluding hydrogens is 380 g/mol. The number of rotatable bonds is 6. The molecule has 8 heteroatoms. The molecule has 3 heterocycles. The molecule has 4 rings (SSSR count). The molecule has 0 aliphatic heterocycles. The van der Waals surface area contributed by atoms with Crippen LogP contribution in [0.2, 0.25) is 0 Å². The second kappa shape index (κ2) is 8.28. The highest BCUT2D eigenvalue weighted by molar-refractivity contribution is 5.57. The molecule has 0 spiro atoms. The minimum atomic E-state index is -0.204. The maximum absolute atomic E-state index is 12.5. The van der Waals surface area contributed by atoms with Crippen molar-refractivity contribution >= 4 is 0 Å². The van der Waals surface area contributed by atoms with E-state index in [9.17, 15) is 4.79 Å². The predicted octanol–water partition coefficient (Wildman–Crippen LogP) is 2.97. The van der Waals surface area contributed by atoms with E-state index in [1.54, 1.807) is 34.2 Å². The summed E-state index contributed by atoms with van der Waals surface area (Å²) in [5, 5.41) is 8.74. The fourth-order valence-corrected chi connectivity index (χ4v) is 3.20. The number of nitrogens with zero attached hydrogens (tertiary/aromatic N) is 6. The molecule has 0 aliphatic carbocycles. The molecule has 0 amide bonds. The van der Waals surface area contributed by atoms with Gasteiger partial charge in [0.05, 0.1) is 31.4 Å². The molecule has 0 N–H and O–H groups in total. The van der Waals surface area contributed by atoms with Gasteiger partial charge in [-0.05, 0) is 18.6 Å². The second-order valence-electron chi connectivity index (χ2n) is 6.90. The van der Waals surface area contributed by atoms with Crippen molar-refractivity contribution in [3.8, 4) is 22.8 Å². The van der Waals surface area contributed by atoms with Crippen LogP contribution in [0.15, 0.2) is 66.1 Å². The van der Waals surface area contributed by atoms with E-state index in [2.05, 4.69) is 20.2 Å².